The molecule has 0 spiro atoms. The zero-order valence-corrected chi connectivity index (χ0v) is 16.4. The zero-order chi connectivity index (χ0) is 19.1. The molecule has 7 nitrogen and oxygen atoms in total. The average molecular weight is 379 g/mol. The summed E-state index contributed by atoms with van der Waals surface area (Å²) in [4.78, 5) is 40.4. The van der Waals surface area contributed by atoms with Crippen molar-refractivity contribution in [1.29, 1.82) is 0 Å². The van der Waals surface area contributed by atoms with Gasteiger partial charge in [0.25, 0.3) is 0 Å². The summed E-state index contributed by atoms with van der Waals surface area (Å²) < 4.78 is 0. The summed E-state index contributed by atoms with van der Waals surface area (Å²) in [6, 6.07) is -0.346. The molecule has 27 heavy (non-hydrogen) atoms. The van der Waals surface area contributed by atoms with E-state index in [9.17, 15) is 14.4 Å². The maximum Gasteiger partial charge on any atom is 0.237 e. The Morgan fingerprint density at radius 3 is 2.67 bits per heavy atom. The Morgan fingerprint density at radius 1 is 1.11 bits per heavy atom. The predicted octanol–water partition coefficient (Wildman–Crippen LogP) is 0.886. The number of rotatable bonds is 8. The van der Waals surface area contributed by atoms with E-state index in [2.05, 4.69) is 15.5 Å². The van der Waals surface area contributed by atoms with Crippen LogP contribution in [0.4, 0.5) is 0 Å². The van der Waals surface area contributed by atoms with E-state index in [0.717, 1.165) is 32.5 Å². The molecule has 152 valence electrons. The highest BCUT2D eigenvalue weighted by molar-refractivity contribution is 5.88. The van der Waals surface area contributed by atoms with Gasteiger partial charge in [0.2, 0.25) is 17.7 Å². The van der Waals surface area contributed by atoms with E-state index in [1.54, 1.807) is 0 Å². The Bertz CT molecular complexity index is 533. The third-order valence-corrected chi connectivity index (χ3v) is 6.14. The highest BCUT2D eigenvalue weighted by Gasteiger charge is 2.33. The van der Waals surface area contributed by atoms with Gasteiger partial charge >= 0.3 is 0 Å². The molecule has 3 aliphatic rings. The monoisotopic (exact) mass is 378 g/mol. The van der Waals surface area contributed by atoms with E-state index in [4.69, 9.17) is 0 Å². The normalized spacial score (nSPS) is 24.9. The van der Waals surface area contributed by atoms with E-state index < -0.39 is 0 Å². The number of nitrogens with one attached hydrogen (secondary N) is 2. The van der Waals surface area contributed by atoms with Crippen LogP contribution in [0.15, 0.2) is 0 Å². The lowest BCUT2D eigenvalue weighted by Crippen LogP contribution is -2.57. The molecular formula is C20H34N4O3. The summed E-state index contributed by atoms with van der Waals surface area (Å²) in [5.41, 5.74) is 0. The Kier molecular flexibility index (Phi) is 7.50. The fourth-order valence-electron chi connectivity index (χ4n) is 4.59. The van der Waals surface area contributed by atoms with Gasteiger partial charge < -0.3 is 15.5 Å². The van der Waals surface area contributed by atoms with Gasteiger partial charge in [-0.15, -0.1) is 0 Å². The van der Waals surface area contributed by atoms with Gasteiger partial charge in [0.1, 0.15) is 0 Å². The summed E-state index contributed by atoms with van der Waals surface area (Å²) in [5.74, 6) is 0.792. The third-order valence-electron chi connectivity index (χ3n) is 6.14. The van der Waals surface area contributed by atoms with Crippen LogP contribution in [-0.4, -0.2) is 72.8 Å². The van der Waals surface area contributed by atoms with Crippen LogP contribution >= 0.6 is 0 Å². The first-order valence-corrected chi connectivity index (χ1v) is 10.7. The molecule has 0 bridgehead atoms. The van der Waals surface area contributed by atoms with E-state index in [1.165, 1.54) is 32.1 Å². The van der Waals surface area contributed by atoms with E-state index >= 15 is 0 Å². The minimum absolute atomic E-state index is 0.0186. The van der Waals surface area contributed by atoms with Crippen LogP contribution in [0.1, 0.15) is 57.8 Å². The maximum atomic E-state index is 12.4. The van der Waals surface area contributed by atoms with Crippen LogP contribution in [0.25, 0.3) is 0 Å². The van der Waals surface area contributed by atoms with E-state index in [-0.39, 0.29) is 30.2 Å². The Balaban J connectivity index is 1.40. The van der Waals surface area contributed by atoms with Gasteiger partial charge in [0.15, 0.2) is 0 Å². The minimum atomic E-state index is -0.346. The van der Waals surface area contributed by atoms with Gasteiger partial charge in [-0.25, -0.2) is 0 Å². The molecule has 0 aromatic heterocycles. The van der Waals surface area contributed by atoms with Crippen molar-refractivity contribution in [3.8, 4) is 0 Å². The van der Waals surface area contributed by atoms with Gasteiger partial charge in [-0.2, -0.15) is 0 Å². The third kappa shape index (κ3) is 5.92. The topological polar surface area (TPSA) is 81.8 Å². The summed E-state index contributed by atoms with van der Waals surface area (Å²) in [6.07, 6.45) is 8.97. The number of nitrogens with zero attached hydrogens (tertiary/aromatic N) is 2. The van der Waals surface area contributed by atoms with Crippen molar-refractivity contribution in [2.45, 2.75) is 63.8 Å². The second-order valence-electron chi connectivity index (χ2n) is 8.20. The van der Waals surface area contributed by atoms with E-state index in [1.807, 2.05) is 4.90 Å². The van der Waals surface area contributed by atoms with Crippen molar-refractivity contribution in [2.75, 3.05) is 39.3 Å². The molecule has 3 amide bonds. The smallest absolute Gasteiger partial charge is 0.237 e. The largest absolute Gasteiger partial charge is 0.356 e. The van der Waals surface area contributed by atoms with Crippen LogP contribution in [0.2, 0.25) is 0 Å². The number of hydrogen-bond donors (Lipinski definition) is 2. The first kappa shape index (κ1) is 20.1. The number of piperazine rings is 1. The molecule has 0 radical (unpaired) electrons. The summed E-state index contributed by atoms with van der Waals surface area (Å²) >= 11 is 0. The minimum Gasteiger partial charge on any atom is -0.356 e. The van der Waals surface area contributed by atoms with Crippen molar-refractivity contribution < 1.29 is 14.4 Å². The molecule has 0 unspecified atom stereocenters. The molecule has 7 heteroatoms. The molecule has 2 aliphatic heterocycles. The lowest BCUT2D eigenvalue weighted by molar-refractivity contribution is -0.134. The molecule has 3 fully saturated rings. The number of carbonyl (C=O) groups excluding carboxylic acids is 3. The summed E-state index contributed by atoms with van der Waals surface area (Å²) in [6.45, 7) is 4.54. The zero-order valence-electron chi connectivity index (χ0n) is 16.4. The molecular weight excluding hydrogens is 344 g/mol. The SMILES string of the molecule is O=C(C[C@@H]1C(=O)NCCN1CC1CCCCC1)NCCCN1CCCC1=O. The Labute approximate surface area is 162 Å². The van der Waals surface area contributed by atoms with Crippen molar-refractivity contribution in [3.05, 3.63) is 0 Å². The number of carbonyl (C=O) groups is 3. The maximum absolute atomic E-state index is 12.4. The fraction of sp³-hybridized carbons (Fsp3) is 0.850. The second kappa shape index (κ2) is 10.1. The molecule has 0 aromatic rings. The first-order chi connectivity index (χ1) is 13.1. The second-order valence-corrected chi connectivity index (χ2v) is 8.20. The average Bonchev–Trinajstić information content (AvgIpc) is 3.07. The summed E-state index contributed by atoms with van der Waals surface area (Å²) in [5, 5.41) is 5.84. The molecule has 3 rings (SSSR count). The van der Waals surface area contributed by atoms with Crippen molar-refractivity contribution in [2.24, 2.45) is 5.92 Å². The van der Waals surface area contributed by atoms with E-state index in [0.29, 0.717) is 32.0 Å². The van der Waals surface area contributed by atoms with Crippen LogP contribution in [-0.2, 0) is 14.4 Å². The molecule has 2 heterocycles. The number of amides is 3. The van der Waals surface area contributed by atoms with Crippen molar-refractivity contribution in [1.82, 2.24) is 20.4 Å². The van der Waals surface area contributed by atoms with Crippen LogP contribution < -0.4 is 10.6 Å². The molecule has 1 saturated carbocycles. The Morgan fingerprint density at radius 2 is 1.93 bits per heavy atom. The predicted molar refractivity (Wildman–Crippen MR) is 103 cm³/mol. The molecule has 1 atom stereocenters. The quantitative estimate of drug-likeness (QED) is 0.615. The molecule has 0 aromatic carbocycles. The van der Waals surface area contributed by atoms with Gasteiger partial charge in [0, 0.05) is 45.7 Å². The highest BCUT2D eigenvalue weighted by Crippen LogP contribution is 2.25. The van der Waals surface area contributed by atoms with Crippen LogP contribution in [0.5, 0.6) is 0 Å². The molecule has 1 aliphatic carbocycles. The number of likely N-dealkylation sites (tertiary alicyclic amines) is 1. The van der Waals surface area contributed by atoms with Gasteiger partial charge in [-0.1, -0.05) is 19.3 Å². The molecule has 2 saturated heterocycles. The van der Waals surface area contributed by atoms with Crippen molar-refractivity contribution in [3.63, 3.8) is 0 Å². The lowest BCUT2D eigenvalue weighted by atomic mass is 9.88. The van der Waals surface area contributed by atoms with Crippen molar-refractivity contribution >= 4 is 17.7 Å². The summed E-state index contributed by atoms with van der Waals surface area (Å²) in [7, 11) is 0. The van der Waals surface area contributed by atoms with Gasteiger partial charge in [-0.05, 0) is 31.6 Å². The fourth-order valence-corrected chi connectivity index (χ4v) is 4.59. The molecule has 2 N–H and O–H groups in total. The lowest BCUT2D eigenvalue weighted by Gasteiger charge is -2.37. The van der Waals surface area contributed by atoms with Gasteiger partial charge in [-0.3, -0.25) is 19.3 Å². The standard InChI is InChI=1S/C20H34N4O3/c25-18(21-9-5-12-23-11-4-8-19(23)26)14-17-20(27)22-10-13-24(17)15-16-6-2-1-3-7-16/h16-17H,1-15H2,(H,21,25)(H,22,27)/t17-/m1/s1. The first-order valence-electron chi connectivity index (χ1n) is 10.7. The Hall–Kier alpha value is -1.63. The highest BCUT2D eigenvalue weighted by atomic mass is 16.2. The van der Waals surface area contributed by atoms with Crippen LogP contribution in [0, 0.1) is 5.92 Å². The van der Waals surface area contributed by atoms with Crippen LogP contribution in [0.3, 0.4) is 0 Å². The van der Waals surface area contributed by atoms with Gasteiger partial charge in [0.05, 0.1) is 12.5 Å². The number of hydrogen-bond acceptors (Lipinski definition) is 4.